The van der Waals surface area contributed by atoms with Gasteiger partial charge in [-0.25, -0.2) is 9.98 Å². The number of nitrogens with zero attached hydrogens (tertiary/aromatic N) is 2. The Morgan fingerprint density at radius 2 is 1.96 bits per heavy atom. The van der Waals surface area contributed by atoms with Crippen LogP contribution in [0.2, 0.25) is 0 Å². The second-order valence-corrected chi connectivity index (χ2v) is 5.56. The largest absolute Gasteiger partial charge is 0.478 e. The zero-order chi connectivity index (χ0) is 16.7. The van der Waals surface area contributed by atoms with Gasteiger partial charge in [0.2, 0.25) is 5.88 Å². The number of nitrogens with two attached hydrogens (primary N) is 1. The number of rotatable bonds is 6. The smallest absolute Gasteiger partial charge is 0.213 e. The molecule has 5 nitrogen and oxygen atoms in total. The average Bonchev–Trinajstić information content (AvgIpc) is 2.51. The lowest BCUT2D eigenvalue weighted by atomic mass is 10.1. The molecule has 5 heteroatoms. The Bertz CT molecular complexity index is 645. The van der Waals surface area contributed by atoms with E-state index in [-0.39, 0.29) is 0 Å². The molecule has 0 unspecified atom stereocenters. The van der Waals surface area contributed by atoms with Crippen molar-refractivity contribution in [3.8, 4) is 5.88 Å². The van der Waals surface area contributed by atoms with Gasteiger partial charge in [0.1, 0.15) is 0 Å². The number of pyridine rings is 1. The lowest BCUT2D eigenvalue weighted by molar-refractivity contribution is 0.305. The van der Waals surface area contributed by atoms with Crippen molar-refractivity contribution in [1.29, 1.82) is 0 Å². The van der Waals surface area contributed by atoms with Crippen molar-refractivity contribution in [3.05, 3.63) is 53.2 Å². The van der Waals surface area contributed by atoms with Crippen LogP contribution in [0.3, 0.4) is 0 Å². The van der Waals surface area contributed by atoms with Crippen LogP contribution < -0.4 is 15.8 Å². The molecule has 0 aliphatic carbocycles. The van der Waals surface area contributed by atoms with E-state index in [0.717, 1.165) is 17.7 Å². The summed E-state index contributed by atoms with van der Waals surface area (Å²) in [5.74, 6) is 1.03. The molecule has 122 valence electrons. The topological polar surface area (TPSA) is 72.5 Å². The van der Waals surface area contributed by atoms with Crippen molar-refractivity contribution in [1.82, 2.24) is 4.98 Å². The summed E-state index contributed by atoms with van der Waals surface area (Å²) in [6.45, 7) is 7.33. The summed E-state index contributed by atoms with van der Waals surface area (Å²) in [6.07, 6.45) is 2.73. The molecule has 2 aromatic rings. The molecule has 0 fully saturated rings. The fourth-order valence-corrected chi connectivity index (χ4v) is 2.21. The highest BCUT2D eigenvalue weighted by Crippen LogP contribution is 2.13. The summed E-state index contributed by atoms with van der Waals surface area (Å²) in [6, 6.07) is 10.00. The molecule has 0 saturated heterocycles. The maximum Gasteiger partial charge on any atom is 0.213 e. The van der Waals surface area contributed by atoms with Crippen LogP contribution in [-0.2, 0) is 6.54 Å². The lowest BCUT2D eigenvalue weighted by Crippen LogP contribution is -2.22. The Labute approximate surface area is 137 Å². The first-order valence-electron chi connectivity index (χ1n) is 7.80. The Kier molecular flexibility index (Phi) is 5.97. The molecule has 1 aromatic carbocycles. The van der Waals surface area contributed by atoms with Gasteiger partial charge in [0, 0.05) is 18.0 Å². The highest BCUT2D eigenvalue weighted by atomic mass is 16.5. The minimum absolute atomic E-state index is 0.390. The number of hydrogen-bond acceptors (Lipinski definition) is 3. The van der Waals surface area contributed by atoms with Crippen LogP contribution in [0.25, 0.3) is 0 Å². The number of ether oxygens (including phenoxy) is 1. The molecule has 0 aliphatic rings. The van der Waals surface area contributed by atoms with Gasteiger partial charge in [0.25, 0.3) is 0 Å². The summed E-state index contributed by atoms with van der Waals surface area (Å²) in [7, 11) is 0. The van der Waals surface area contributed by atoms with Gasteiger partial charge >= 0.3 is 0 Å². The molecular weight excluding hydrogens is 288 g/mol. The van der Waals surface area contributed by atoms with Crippen molar-refractivity contribution < 1.29 is 4.74 Å². The number of guanidine groups is 1. The van der Waals surface area contributed by atoms with E-state index in [2.05, 4.69) is 42.1 Å². The second kappa shape index (κ2) is 8.17. The van der Waals surface area contributed by atoms with E-state index in [1.54, 1.807) is 6.20 Å². The number of benzene rings is 1. The van der Waals surface area contributed by atoms with Gasteiger partial charge in [0.05, 0.1) is 13.2 Å². The van der Waals surface area contributed by atoms with Crippen molar-refractivity contribution in [2.75, 3.05) is 11.9 Å². The zero-order valence-corrected chi connectivity index (χ0v) is 14.0. The molecule has 0 bridgehead atoms. The molecule has 1 heterocycles. The first-order valence-corrected chi connectivity index (χ1v) is 7.80. The average molecular weight is 312 g/mol. The Hall–Kier alpha value is -2.56. The Morgan fingerprint density at radius 1 is 1.22 bits per heavy atom. The van der Waals surface area contributed by atoms with Crippen molar-refractivity contribution in [2.24, 2.45) is 10.7 Å². The predicted octanol–water partition coefficient (Wildman–Crippen LogP) is 3.41. The maximum atomic E-state index is 5.94. The number of aromatic nitrogens is 1. The monoisotopic (exact) mass is 312 g/mol. The van der Waals surface area contributed by atoms with Gasteiger partial charge in [-0.05, 0) is 49.1 Å². The van der Waals surface area contributed by atoms with Crippen LogP contribution >= 0.6 is 0 Å². The van der Waals surface area contributed by atoms with E-state index in [1.165, 1.54) is 11.1 Å². The normalized spacial score (nSPS) is 11.3. The highest BCUT2D eigenvalue weighted by molar-refractivity contribution is 5.92. The summed E-state index contributed by atoms with van der Waals surface area (Å²) in [5, 5.41) is 3.12. The summed E-state index contributed by atoms with van der Waals surface area (Å²) in [4.78, 5) is 8.59. The molecule has 23 heavy (non-hydrogen) atoms. The fourth-order valence-electron chi connectivity index (χ4n) is 2.21. The van der Waals surface area contributed by atoms with E-state index in [1.807, 2.05) is 24.3 Å². The molecule has 2 rings (SSSR count). The minimum Gasteiger partial charge on any atom is -0.478 e. The summed E-state index contributed by atoms with van der Waals surface area (Å²) >= 11 is 0. The maximum absolute atomic E-state index is 5.94. The van der Waals surface area contributed by atoms with Gasteiger partial charge in [0.15, 0.2) is 5.96 Å². The number of anilines is 1. The van der Waals surface area contributed by atoms with Gasteiger partial charge in [-0.3, -0.25) is 0 Å². The summed E-state index contributed by atoms with van der Waals surface area (Å²) in [5.41, 5.74) is 10.3. The third kappa shape index (κ3) is 5.62. The molecule has 0 spiro atoms. The molecule has 0 amide bonds. The van der Waals surface area contributed by atoms with Gasteiger partial charge in [-0.1, -0.05) is 19.1 Å². The third-order valence-corrected chi connectivity index (χ3v) is 3.18. The van der Waals surface area contributed by atoms with Crippen LogP contribution in [0.5, 0.6) is 5.88 Å². The third-order valence-electron chi connectivity index (χ3n) is 3.18. The zero-order valence-electron chi connectivity index (χ0n) is 14.0. The Morgan fingerprint density at radius 3 is 2.57 bits per heavy atom. The van der Waals surface area contributed by atoms with Crippen LogP contribution in [0.4, 0.5) is 5.69 Å². The molecule has 0 aliphatic heterocycles. The number of nitrogens with one attached hydrogen (secondary N) is 1. The van der Waals surface area contributed by atoms with E-state index >= 15 is 0 Å². The number of aryl methyl sites for hydroxylation is 2. The van der Waals surface area contributed by atoms with Crippen LogP contribution in [0, 0.1) is 13.8 Å². The highest BCUT2D eigenvalue weighted by Gasteiger charge is 1.99. The first-order chi connectivity index (χ1) is 11.1. The quantitative estimate of drug-likeness (QED) is 0.633. The second-order valence-electron chi connectivity index (χ2n) is 5.56. The van der Waals surface area contributed by atoms with E-state index < -0.39 is 0 Å². The van der Waals surface area contributed by atoms with Crippen molar-refractivity contribution in [2.45, 2.75) is 33.7 Å². The van der Waals surface area contributed by atoms with Gasteiger partial charge in [-0.2, -0.15) is 0 Å². The SMILES string of the molecule is CCCOc1ccc(CN=C(N)Nc2cc(C)cc(C)c2)cn1. The van der Waals surface area contributed by atoms with Gasteiger partial charge in [-0.15, -0.1) is 0 Å². The first kappa shape index (κ1) is 16.8. The van der Waals surface area contributed by atoms with Crippen LogP contribution in [0.15, 0.2) is 41.5 Å². The standard InChI is InChI=1S/C18H24N4O/c1-4-7-23-17-6-5-15(11-20-17)12-21-18(19)22-16-9-13(2)8-14(3)10-16/h5-6,8-11H,4,7,12H2,1-3H3,(H3,19,21,22). The van der Waals surface area contributed by atoms with Gasteiger partial charge < -0.3 is 15.8 Å². The molecule has 0 saturated carbocycles. The Balaban J connectivity index is 1.93. The number of hydrogen-bond donors (Lipinski definition) is 2. The van der Waals surface area contributed by atoms with E-state index in [0.29, 0.717) is 25.0 Å². The number of aliphatic imine (C=N–C) groups is 1. The molecule has 3 N–H and O–H groups in total. The molecular formula is C18H24N4O. The van der Waals surface area contributed by atoms with E-state index in [4.69, 9.17) is 10.5 Å². The molecule has 0 radical (unpaired) electrons. The summed E-state index contributed by atoms with van der Waals surface area (Å²) < 4.78 is 5.45. The predicted molar refractivity (Wildman–Crippen MR) is 94.9 cm³/mol. The molecule has 0 atom stereocenters. The minimum atomic E-state index is 0.390. The van der Waals surface area contributed by atoms with Crippen LogP contribution in [-0.4, -0.2) is 17.6 Å². The fraction of sp³-hybridized carbons (Fsp3) is 0.333. The van der Waals surface area contributed by atoms with Crippen LogP contribution in [0.1, 0.15) is 30.0 Å². The van der Waals surface area contributed by atoms with E-state index in [9.17, 15) is 0 Å². The lowest BCUT2D eigenvalue weighted by Gasteiger charge is -2.08. The molecule has 1 aromatic heterocycles. The van der Waals surface area contributed by atoms with Crippen molar-refractivity contribution >= 4 is 11.6 Å². The van der Waals surface area contributed by atoms with Crippen molar-refractivity contribution in [3.63, 3.8) is 0 Å².